The van der Waals surface area contributed by atoms with Gasteiger partial charge >= 0.3 is 0 Å². The van der Waals surface area contributed by atoms with Crippen LogP contribution in [0, 0.1) is 11.6 Å². The molecule has 0 unspecified atom stereocenters. The second-order valence-electron chi connectivity index (χ2n) is 7.12. The summed E-state index contributed by atoms with van der Waals surface area (Å²) in [4.78, 5) is 7.64. The van der Waals surface area contributed by atoms with Crippen LogP contribution in [0.2, 0.25) is 0 Å². The van der Waals surface area contributed by atoms with Gasteiger partial charge in [-0.05, 0) is 37.1 Å². The van der Waals surface area contributed by atoms with E-state index in [0.717, 1.165) is 46.5 Å². The summed E-state index contributed by atoms with van der Waals surface area (Å²) in [6.45, 7) is 0. The molecule has 1 aliphatic carbocycles. The standard InChI is InChI=1S/C21H19F2N3/c22-14-6-7-16(18(23)11-14)19-10-13-12-25-21-17(8-9-24-21)20(13)26(19)15-4-2-1-3-5-15/h6-12,15H,1-5H2,(H,24,25). The third-order valence-electron chi connectivity index (χ3n) is 5.53. The van der Waals surface area contributed by atoms with E-state index in [1.807, 2.05) is 24.5 Å². The number of fused-ring (bicyclic) bond motifs is 3. The number of nitrogens with zero attached hydrogens (tertiary/aromatic N) is 2. The Morgan fingerprint density at radius 1 is 1.04 bits per heavy atom. The van der Waals surface area contributed by atoms with E-state index < -0.39 is 11.6 Å². The Morgan fingerprint density at radius 3 is 2.69 bits per heavy atom. The smallest absolute Gasteiger partial charge is 0.139 e. The maximum Gasteiger partial charge on any atom is 0.139 e. The van der Waals surface area contributed by atoms with E-state index in [-0.39, 0.29) is 0 Å². The minimum Gasteiger partial charge on any atom is -0.346 e. The van der Waals surface area contributed by atoms with Crippen LogP contribution >= 0.6 is 0 Å². The Bertz CT molecular complexity index is 1100. The first kappa shape index (κ1) is 15.6. The summed E-state index contributed by atoms with van der Waals surface area (Å²) in [7, 11) is 0. The molecule has 0 saturated heterocycles. The van der Waals surface area contributed by atoms with Gasteiger partial charge in [0.1, 0.15) is 17.3 Å². The van der Waals surface area contributed by atoms with Crippen LogP contribution in [-0.2, 0) is 0 Å². The molecule has 5 rings (SSSR count). The molecule has 5 heteroatoms. The average molecular weight is 351 g/mol. The zero-order chi connectivity index (χ0) is 17.7. The molecule has 0 amide bonds. The number of aromatic amines is 1. The summed E-state index contributed by atoms with van der Waals surface area (Å²) in [6.07, 6.45) is 9.47. The van der Waals surface area contributed by atoms with Gasteiger partial charge in [0, 0.05) is 40.8 Å². The molecule has 0 atom stereocenters. The quantitative estimate of drug-likeness (QED) is 0.474. The zero-order valence-corrected chi connectivity index (χ0v) is 14.3. The highest BCUT2D eigenvalue weighted by atomic mass is 19.1. The Labute approximate surface area is 149 Å². The number of halogens is 2. The van der Waals surface area contributed by atoms with Crippen molar-refractivity contribution in [2.75, 3.05) is 0 Å². The van der Waals surface area contributed by atoms with E-state index >= 15 is 0 Å². The molecule has 4 aromatic rings. The van der Waals surface area contributed by atoms with Crippen LogP contribution in [-0.4, -0.2) is 14.5 Å². The van der Waals surface area contributed by atoms with Crippen molar-refractivity contribution in [3.63, 3.8) is 0 Å². The minimum absolute atomic E-state index is 0.321. The Hall–Kier alpha value is -2.69. The molecule has 0 spiro atoms. The van der Waals surface area contributed by atoms with Gasteiger partial charge in [0.05, 0.1) is 11.2 Å². The number of H-pyrrole nitrogens is 1. The molecule has 26 heavy (non-hydrogen) atoms. The van der Waals surface area contributed by atoms with E-state index in [1.54, 1.807) is 6.07 Å². The third-order valence-corrected chi connectivity index (χ3v) is 5.53. The van der Waals surface area contributed by atoms with Crippen molar-refractivity contribution >= 4 is 21.9 Å². The molecule has 0 radical (unpaired) electrons. The Kier molecular flexibility index (Phi) is 3.55. The van der Waals surface area contributed by atoms with Crippen molar-refractivity contribution in [2.45, 2.75) is 38.1 Å². The summed E-state index contributed by atoms with van der Waals surface area (Å²) in [5, 5.41) is 2.03. The molecule has 1 saturated carbocycles. The Balaban J connectivity index is 1.84. The molecule has 1 fully saturated rings. The van der Waals surface area contributed by atoms with Crippen LogP contribution in [0.1, 0.15) is 38.1 Å². The summed E-state index contributed by atoms with van der Waals surface area (Å²) < 4.78 is 30.3. The average Bonchev–Trinajstić information content (AvgIpc) is 3.26. The fourth-order valence-electron chi connectivity index (χ4n) is 4.34. The van der Waals surface area contributed by atoms with Gasteiger partial charge in [-0.1, -0.05) is 19.3 Å². The molecule has 3 aromatic heterocycles. The lowest BCUT2D eigenvalue weighted by molar-refractivity contribution is 0.363. The van der Waals surface area contributed by atoms with Gasteiger partial charge in [-0.2, -0.15) is 0 Å². The van der Waals surface area contributed by atoms with E-state index in [4.69, 9.17) is 0 Å². The molecule has 1 N–H and O–H groups in total. The highest BCUT2D eigenvalue weighted by Crippen LogP contribution is 2.40. The molecule has 132 valence electrons. The van der Waals surface area contributed by atoms with Crippen molar-refractivity contribution in [1.82, 2.24) is 14.5 Å². The second kappa shape index (κ2) is 5.94. The van der Waals surface area contributed by atoms with E-state index in [0.29, 0.717) is 11.6 Å². The first-order valence-electron chi connectivity index (χ1n) is 9.15. The van der Waals surface area contributed by atoms with Crippen LogP contribution in [0.3, 0.4) is 0 Å². The number of pyridine rings is 1. The summed E-state index contributed by atoms with van der Waals surface area (Å²) in [5.74, 6) is -1.08. The number of hydrogen-bond donors (Lipinski definition) is 1. The van der Waals surface area contributed by atoms with Crippen molar-refractivity contribution in [3.8, 4) is 11.3 Å². The van der Waals surface area contributed by atoms with E-state index in [2.05, 4.69) is 14.5 Å². The summed E-state index contributed by atoms with van der Waals surface area (Å²) >= 11 is 0. The van der Waals surface area contributed by atoms with Gasteiger partial charge in [-0.25, -0.2) is 13.8 Å². The molecule has 0 aliphatic heterocycles. The van der Waals surface area contributed by atoms with E-state index in [1.165, 1.54) is 25.3 Å². The zero-order valence-electron chi connectivity index (χ0n) is 14.3. The number of rotatable bonds is 2. The van der Waals surface area contributed by atoms with Crippen LogP contribution in [0.25, 0.3) is 33.2 Å². The predicted octanol–water partition coefficient (Wildman–Crippen LogP) is 5.97. The lowest BCUT2D eigenvalue weighted by Gasteiger charge is -2.27. The monoisotopic (exact) mass is 351 g/mol. The Morgan fingerprint density at radius 2 is 1.88 bits per heavy atom. The summed E-state index contributed by atoms with van der Waals surface area (Å²) in [5.41, 5.74) is 3.16. The van der Waals surface area contributed by atoms with Crippen molar-refractivity contribution in [1.29, 1.82) is 0 Å². The summed E-state index contributed by atoms with van der Waals surface area (Å²) in [6, 6.07) is 8.16. The van der Waals surface area contributed by atoms with Gasteiger partial charge in [0.25, 0.3) is 0 Å². The lowest BCUT2D eigenvalue weighted by Crippen LogP contribution is -2.14. The van der Waals surface area contributed by atoms with Crippen molar-refractivity contribution in [2.24, 2.45) is 0 Å². The predicted molar refractivity (Wildman–Crippen MR) is 99.1 cm³/mol. The largest absolute Gasteiger partial charge is 0.346 e. The SMILES string of the molecule is Fc1ccc(-c2cc3cnc4[nH]ccc4c3n2C2CCCCC2)c(F)c1. The van der Waals surface area contributed by atoms with Gasteiger partial charge in [-0.3, -0.25) is 0 Å². The van der Waals surface area contributed by atoms with Gasteiger partial charge < -0.3 is 9.55 Å². The molecule has 3 nitrogen and oxygen atoms in total. The first-order chi connectivity index (χ1) is 12.7. The first-order valence-corrected chi connectivity index (χ1v) is 9.15. The van der Waals surface area contributed by atoms with Crippen LogP contribution < -0.4 is 0 Å². The number of aromatic nitrogens is 3. The van der Waals surface area contributed by atoms with Crippen LogP contribution in [0.5, 0.6) is 0 Å². The maximum atomic E-state index is 14.6. The molecular weight excluding hydrogens is 332 g/mol. The number of nitrogens with one attached hydrogen (secondary N) is 1. The maximum absolute atomic E-state index is 14.6. The molecular formula is C21H19F2N3. The molecule has 0 bridgehead atoms. The lowest BCUT2D eigenvalue weighted by atomic mass is 9.94. The fraction of sp³-hybridized carbons (Fsp3) is 0.286. The van der Waals surface area contributed by atoms with Crippen LogP contribution in [0.15, 0.2) is 42.7 Å². The topological polar surface area (TPSA) is 33.6 Å². The normalized spacial score (nSPS) is 15.9. The second-order valence-corrected chi connectivity index (χ2v) is 7.12. The number of hydrogen-bond acceptors (Lipinski definition) is 1. The van der Waals surface area contributed by atoms with Crippen molar-refractivity contribution in [3.05, 3.63) is 54.4 Å². The van der Waals surface area contributed by atoms with Gasteiger partial charge in [-0.15, -0.1) is 0 Å². The van der Waals surface area contributed by atoms with Crippen molar-refractivity contribution < 1.29 is 8.78 Å². The highest BCUT2D eigenvalue weighted by molar-refractivity contribution is 6.05. The fourth-order valence-corrected chi connectivity index (χ4v) is 4.34. The number of benzene rings is 1. The molecule has 1 aliphatic rings. The minimum atomic E-state index is -0.554. The van der Waals surface area contributed by atoms with Crippen LogP contribution in [0.4, 0.5) is 8.78 Å². The molecule has 3 heterocycles. The highest BCUT2D eigenvalue weighted by Gasteiger charge is 2.24. The molecule has 1 aromatic carbocycles. The van der Waals surface area contributed by atoms with Gasteiger partial charge in [0.2, 0.25) is 0 Å². The third kappa shape index (κ3) is 2.34. The van der Waals surface area contributed by atoms with Gasteiger partial charge in [0.15, 0.2) is 0 Å². The van der Waals surface area contributed by atoms with E-state index in [9.17, 15) is 8.78 Å².